The van der Waals surface area contributed by atoms with Gasteiger partial charge in [-0.2, -0.15) is 49.6 Å². The first-order chi connectivity index (χ1) is 47.6. The summed E-state index contributed by atoms with van der Waals surface area (Å²) in [5.41, 5.74) is -9.33. The Morgan fingerprint density at radius 1 is 0.827 bits per heavy atom. The molecule has 566 valence electrons. The Morgan fingerprint density at radius 2 is 1.44 bits per heavy atom. The quantitative estimate of drug-likeness (QED) is 0.0210. The number of hydrogen-bond donors (Lipinski definition) is 2. The highest BCUT2D eigenvalue weighted by Gasteiger charge is 2.68. The number of benzene rings is 3. The van der Waals surface area contributed by atoms with Crippen molar-refractivity contribution in [3.05, 3.63) is 122 Å². The number of Topliss-reactive ketones (excluding diaryl/α,β-unsaturated/α-hetero) is 1. The lowest BCUT2D eigenvalue weighted by atomic mass is 9.77. The average molecular weight is 1550 g/mol. The smallest absolute Gasteiger partial charge is 0.435 e. The SMILES string of the molecule is CC(=O)C(CC(=O)OC(C)(C)C)NC(=O)Cc1cccc(OCP(=O)(OC(C)C)OC(C)C)c1C(C)(C)CC(=O)N(c1nn(CC(F)(F)F)c2c(-c3ccc(C#CC(C)(C)S(C)(=O)=O)nc3[C@H](Cc3cc(F)cc(F)c3)NC(=O)Cn3nc(C(F)(F)F)c4c3C(F)(F)[C@@H]3C[C@H]43)ccc(Cl)c12)S(C)(=O)=O. The fourth-order valence-corrected chi connectivity index (χ4v) is 15.3. The summed E-state index contributed by atoms with van der Waals surface area (Å²) in [5.74, 6) is -10.5. The molecule has 1 saturated carbocycles. The van der Waals surface area contributed by atoms with Crippen LogP contribution in [0.2, 0.25) is 5.02 Å². The Balaban J connectivity index is 1.32. The molecule has 3 aromatic heterocycles. The number of anilines is 1. The van der Waals surface area contributed by atoms with Gasteiger partial charge in [0, 0.05) is 52.3 Å². The molecule has 2 aliphatic rings. The number of sulfone groups is 1. The Hall–Kier alpha value is -7.96. The maximum Gasteiger partial charge on any atom is 0.435 e. The highest BCUT2D eigenvalue weighted by atomic mass is 35.5. The summed E-state index contributed by atoms with van der Waals surface area (Å²) in [5, 5.41) is 11.2. The molecule has 3 aromatic carbocycles. The Labute approximate surface area is 598 Å². The van der Waals surface area contributed by atoms with Crippen LogP contribution in [0.5, 0.6) is 5.75 Å². The number of rotatable bonds is 27. The Kier molecular flexibility index (Phi) is 23.4. The van der Waals surface area contributed by atoms with E-state index in [4.69, 9.17) is 30.1 Å². The number of carbonyl (C=O) groups is 5. The second-order valence-electron chi connectivity index (χ2n) is 28.2. The zero-order chi connectivity index (χ0) is 77.9. The summed E-state index contributed by atoms with van der Waals surface area (Å²) >= 11 is 6.95. The molecule has 1 unspecified atom stereocenters. The molecule has 2 aliphatic carbocycles. The van der Waals surface area contributed by atoms with Gasteiger partial charge in [-0.1, -0.05) is 49.6 Å². The first kappa shape index (κ1) is 81.7. The molecule has 0 bridgehead atoms. The fraction of sp³-hybridized carbons (Fsp3) is 0.500. The Morgan fingerprint density at radius 3 is 2.00 bits per heavy atom. The van der Waals surface area contributed by atoms with Crippen molar-refractivity contribution in [3.8, 4) is 28.7 Å². The molecule has 0 radical (unpaired) electrons. The number of esters is 1. The van der Waals surface area contributed by atoms with Crippen LogP contribution in [0, 0.1) is 29.4 Å². The van der Waals surface area contributed by atoms with Gasteiger partial charge < -0.3 is 29.2 Å². The lowest BCUT2D eigenvalue weighted by Crippen LogP contribution is -2.43. The normalized spacial score (nSPS) is 16.1. The van der Waals surface area contributed by atoms with Crippen molar-refractivity contribution < 1.29 is 108 Å². The number of carbonyl (C=O) groups excluding carboxylic acids is 5. The largest absolute Gasteiger partial charge is 0.481 e. The second-order valence-corrected chi connectivity index (χ2v) is 34.9. The average Bonchev–Trinajstić information content (AvgIpc) is 1.52. The highest BCUT2D eigenvalue weighted by Crippen LogP contribution is 2.68. The Bertz CT molecular complexity index is 4720. The molecular formula is C68H76ClF10N8O14PS2. The number of hydrogen-bond acceptors (Lipinski definition) is 17. The molecule has 8 rings (SSSR count). The van der Waals surface area contributed by atoms with E-state index in [-0.39, 0.29) is 48.2 Å². The van der Waals surface area contributed by atoms with Crippen molar-refractivity contribution in [2.24, 2.45) is 5.92 Å². The van der Waals surface area contributed by atoms with Crippen LogP contribution in [0.1, 0.15) is 159 Å². The van der Waals surface area contributed by atoms with E-state index in [2.05, 4.69) is 37.7 Å². The van der Waals surface area contributed by atoms with Crippen molar-refractivity contribution in [3.63, 3.8) is 0 Å². The third-order valence-corrected chi connectivity index (χ3v) is 21.8. The lowest BCUT2D eigenvalue weighted by Gasteiger charge is -2.32. The maximum atomic E-state index is 15.9. The van der Waals surface area contributed by atoms with Crippen LogP contribution in [0.25, 0.3) is 22.0 Å². The first-order valence-corrected chi connectivity index (χ1v) is 38.0. The van der Waals surface area contributed by atoms with Gasteiger partial charge in [-0.15, -0.1) is 0 Å². The van der Waals surface area contributed by atoms with E-state index in [1.54, 1.807) is 48.5 Å². The van der Waals surface area contributed by atoms with Crippen LogP contribution in [-0.2, 0) is 106 Å². The molecule has 36 heteroatoms. The molecule has 2 N–H and O–H groups in total. The van der Waals surface area contributed by atoms with Gasteiger partial charge >= 0.3 is 25.9 Å². The number of fused-ring (bicyclic) bond motifs is 4. The number of halogens is 11. The molecule has 22 nitrogen and oxygen atoms in total. The van der Waals surface area contributed by atoms with Gasteiger partial charge in [-0.25, -0.2) is 30.6 Å². The molecule has 0 saturated heterocycles. The van der Waals surface area contributed by atoms with E-state index in [0.29, 0.717) is 12.3 Å². The molecule has 6 aromatic rings. The number of ether oxygens (including phenoxy) is 2. The molecular weight excluding hydrogens is 1470 g/mol. The van der Waals surface area contributed by atoms with E-state index < -0.39 is 239 Å². The molecule has 3 heterocycles. The monoisotopic (exact) mass is 1550 g/mol. The summed E-state index contributed by atoms with van der Waals surface area (Å²) in [4.78, 5) is 74.6. The van der Waals surface area contributed by atoms with Gasteiger partial charge in [0.05, 0.1) is 65.0 Å². The first-order valence-electron chi connectivity index (χ1n) is 32.2. The van der Waals surface area contributed by atoms with Crippen LogP contribution < -0.4 is 19.7 Å². The molecule has 104 heavy (non-hydrogen) atoms. The molecule has 0 spiro atoms. The number of nitrogens with zero attached hydrogens (tertiary/aromatic N) is 6. The number of pyridine rings is 1. The summed E-state index contributed by atoms with van der Waals surface area (Å²) in [6, 6.07) is 7.15. The van der Waals surface area contributed by atoms with Crippen LogP contribution >= 0.6 is 19.2 Å². The fourth-order valence-electron chi connectivity index (χ4n) is 12.2. The van der Waals surface area contributed by atoms with Gasteiger partial charge in [-0.3, -0.25) is 37.9 Å². The van der Waals surface area contributed by atoms with Gasteiger partial charge in [0.1, 0.15) is 52.2 Å². The van der Waals surface area contributed by atoms with Crippen molar-refractivity contribution in [1.82, 2.24) is 35.2 Å². The molecule has 3 amide bonds. The van der Waals surface area contributed by atoms with Gasteiger partial charge in [0.2, 0.25) is 27.7 Å². The van der Waals surface area contributed by atoms with Crippen LogP contribution in [0.15, 0.2) is 60.7 Å². The maximum absolute atomic E-state index is 15.9. The minimum absolute atomic E-state index is 0.0242. The topological polar surface area (TPSA) is 283 Å². The van der Waals surface area contributed by atoms with Crippen LogP contribution in [-0.4, -0.2) is 124 Å². The zero-order valence-corrected chi connectivity index (χ0v) is 62.0. The van der Waals surface area contributed by atoms with Crippen LogP contribution in [0.3, 0.4) is 0 Å². The third-order valence-electron chi connectivity index (χ3n) is 16.5. The summed E-state index contributed by atoms with van der Waals surface area (Å²) in [6.07, 6.45) is -14.8. The lowest BCUT2D eigenvalue weighted by molar-refractivity contribution is -0.156. The van der Waals surface area contributed by atoms with E-state index in [1.807, 2.05) is 0 Å². The third kappa shape index (κ3) is 19.2. The second kappa shape index (κ2) is 29.8. The van der Waals surface area contributed by atoms with Crippen molar-refractivity contribution in [1.29, 1.82) is 0 Å². The number of sulfonamides is 1. The molecule has 0 aliphatic heterocycles. The molecule has 4 atom stereocenters. The van der Waals surface area contributed by atoms with E-state index >= 15 is 35.5 Å². The predicted octanol–water partition coefficient (Wildman–Crippen LogP) is 12.7. The number of ketones is 1. The minimum atomic E-state index is -5.29. The van der Waals surface area contributed by atoms with E-state index in [9.17, 15) is 53.8 Å². The number of aromatic nitrogens is 5. The summed E-state index contributed by atoms with van der Waals surface area (Å²) < 4.78 is 242. The van der Waals surface area contributed by atoms with E-state index in [1.165, 1.54) is 45.9 Å². The predicted molar refractivity (Wildman–Crippen MR) is 361 cm³/mol. The standard InChI is InChI=1S/C68H76ClF10N8O14PS2/c1-35(2)100-102(93,101-36(3)4)34-98-50-17-15-16-39(27-51(89)81-48(37(5)88)30-54(92)99-63(6,7)8)57(50)64(9,10)31-53(91)87(104(14,96)97)62-56-47(69)21-20-44(59(56)86(84-62)33-66(72,73)74)43-19-18-42(22-23-65(11,12)103(13,94)95)80-58(43)49(26-38-24-40(70)28-41(71)25-38)82-52(90)32-85-61-55(60(83-85)68(77,78)79)45-29-46(45)67(61,75)76/h15-21,24-25,28,35-36,45-46,48-49H,26-27,29-34H2,1-14H3,(H,81,89)(H,82,90)/t45-,46+,48?,49-/m0/s1. The number of nitrogens with one attached hydrogen (secondary N) is 2. The van der Waals surface area contributed by atoms with Crippen molar-refractivity contribution in [2.45, 2.75) is 193 Å². The summed E-state index contributed by atoms with van der Waals surface area (Å²) in [7, 11) is -13.3. The van der Waals surface area contributed by atoms with Crippen LogP contribution in [0.4, 0.5) is 49.7 Å². The van der Waals surface area contributed by atoms with Gasteiger partial charge in [0.25, 0.3) is 5.92 Å². The zero-order valence-electron chi connectivity index (χ0n) is 58.7. The van der Waals surface area contributed by atoms with E-state index in [0.717, 1.165) is 49.6 Å². The number of alkyl halides is 8. The minimum Gasteiger partial charge on any atom is -0.481 e. The van der Waals surface area contributed by atoms with Gasteiger partial charge in [0.15, 0.2) is 33.5 Å². The van der Waals surface area contributed by atoms with Crippen molar-refractivity contribution in [2.75, 3.05) is 23.2 Å². The highest BCUT2D eigenvalue weighted by molar-refractivity contribution is 7.93. The van der Waals surface area contributed by atoms with Crippen molar-refractivity contribution >= 4 is 85.3 Å². The summed E-state index contributed by atoms with van der Waals surface area (Å²) in [6.45, 7) is 13.8. The van der Waals surface area contributed by atoms with Gasteiger partial charge in [-0.05, 0) is 141 Å². The number of amides is 3. The molecule has 1 fully saturated rings.